The van der Waals surface area contributed by atoms with Gasteiger partial charge < -0.3 is 0 Å². The van der Waals surface area contributed by atoms with Crippen molar-refractivity contribution in [2.24, 2.45) is 4.36 Å². The molecule has 15 heavy (non-hydrogen) atoms. The van der Waals surface area contributed by atoms with Gasteiger partial charge in [-0.15, -0.1) is 11.6 Å². The van der Waals surface area contributed by atoms with Gasteiger partial charge in [0.05, 0.1) is 9.73 Å². The van der Waals surface area contributed by atoms with Crippen molar-refractivity contribution in [3.63, 3.8) is 0 Å². The summed E-state index contributed by atoms with van der Waals surface area (Å²) in [6.07, 6.45) is 1.39. The molecule has 0 heterocycles. The maximum atomic E-state index is 12.0. The lowest BCUT2D eigenvalue weighted by molar-refractivity contribution is -0.115. The standard InChI is InChI=1S/C9H9Cl2NO2S/c1-15(14,12-9(13)6-10)8-4-2-7(11)3-5-8/h2-5H,6H2,1H3/t15-/m1/s1. The van der Waals surface area contributed by atoms with Gasteiger partial charge in [0.1, 0.15) is 5.88 Å². The molecular formula is C9H9Cl2NO2S. The summed E-state index contributed by atoms with van der Waals surface area (Å²) in [5, 5.41) is 0.539. The highest BCUT2D eigenvalue weighted by Crippen LogP contribution is 2.15. The zero-order chi connectivity index (χ0) is 11.5. The number of hydrogen-bond donors (Lipinski definition) is 0. The zero-order valence-electron chi connectivity index (χ0n) is 7.94. The highest BCUT2D eigenvalue weighted by atomic mass is 35.5. The van der Waals surface area contributed by atoms with Crippen molar-refractivity contribution in [1.82, 2.24) is 0 Å². The third-order valence-corrected chi connectivity index (χ3v) is 3.82. The van der Waals surface area contributed by atoms with Gasteiger partial charge in [-0.3, -0.25) is 4.79 Å². The Hall–Kier alpha value is -0.580. The van der Waals surface area contributed by atoms with E-state index in [9.17, 15) is 9.00 Å². The second-order valence-electron chi connectivity index (χ2n) is 2.88. The molecule has 0 saturated heterocycles. The minimum Gasteiger partial charge on any atom is -0.271 e. The van der Waals surface area contributed by atoms with Gasteiger partial charge >= 0.3 is 0 Å². The van der Waals surface area contributed by atoms with Crippen LogP contribution in [0.15, 0.2) is 33.5 Å². The van der Waals surface area contributed by atoms with Gasteiger partial charge in [0.25, 0.3) is 5.91 Å². The maximum absolute atomic E-state index is 12.0. The fraction of sp³-hybridized carbons (Fsp3) is 0.222. The van der Waals surface area contributed by atoms with Gasteiger partial charge in [0.2, 0.25) is 0 Å². The van der Waals surface area contributed by atoms with Crippen LogP contribution in [0.5, 0.6) is 0 Å². The zero-order valence-corrected chi connectivity index (χ0v) is 10.3. The van der Waals surface area contributed by atoms with Crippen molar-refractivity contribution in [2.45, 2.75) is 4.90 Å². The molecule has 0 aliphatic rings. The molecule has 0 spiro atoms. The topological polar surface area (TPSA) is 46.5 Å². The van der Waals surface area contributed by atoms with Gasteiger partial charge in [-0.25, -0.2) is 4.21 Å². The van der Waals surface area contributed by atoms with Crippen molar-refractivity contribution < 1.29 is 9.00 Å². The molecule has 0 fully saturated rings. The third-order valence-electron chi connectivity index (χ3n) is 1.64. The molecule has 1 rings (SSSR count). The van der Waals surface area contributed by atoms with E-state index in [4.69, 9.17) is 23.2 Å². The van der Waals surface area contributed by atoms with Crippen molar-refractivity contribution in [3.8, 4) is 0 Å². The first-order chi connectivity index (χ1) is 6.95. The summed E-state index contributed by atoms with van der Waals surface area (Å²) in [4.78, 5) is 11.4. The van der Waals surface area contributed by atoms with Crippen LogP contribution in [-0.4, -0.2) is 22.3 Å². The summed E-state index contributed by atoms with van der Waals surface area (Å²) in [7, 11) is -2.71. The summed E-state index contributed by atoms with van der Waals surface area (Å²) in [6, 6.07) is 6.35. The molecule has 0 aromatic heterocycles. The molecule has 1 aromatic carbocycles. The van der Waals surface area contributed by atoms with Crippen LogP contribution in [0.25, 0.3) is 0 Å². The molecule has 0 saturated carbocycles. The number of carbonyl (C=O) groups excluding carboxylic acids is 1. The Labute approximate surface area is 98.6 Å². The fourth-order valence-electron chi connectivity index (χ4n) is 0.958. The molecule has 0 aliphatic carbocycles. The molecule has 1 aromatic rings. The number of amides is 1. The van der Waals surface area contributed by atoms with Crippen molar-refractivity contribution in [1.29, 1.82) is 0 Å². The van der Waals surface area contributed by atoms with E-state index >= 15 is 0 Å². The summed E-state index contributed by atoms with van der Waals surface area (Å²) in [6.45, 7) is 0. The van der Waals surface area contributed by atoms with Gasteiger partial charge in [0.15, 0.2) is 0 Å². The SMILES string of the molecule is C[S@](=O)(=NC(=O)CCl)c1ccc(Cl)cc1. The molecule has 3 nitrogen and oxygen atoms in total. The first-order valence-electron chi connectivity index (χ1n) is 4.02. The van der Waals surface area contributed by atoms with E-state index < -0.39 is 15.6 Å². The first kappa shape index (κ1) is 12.5. The van der Waals surface area contributed by atoms with E-state index in [1.807, 2.05) is 0 Å². The Kier molecular flexibility index (Phi) is 4.13. The average Bonchev–Trinajstić information content (AvgIpc) is 2.17. The molecular weight excluding hydrogens is 257 g/mol. The molecule has 1 amide bonds. The van der Waals surface area contributed by atoms with Crippen molar-refractivity contribution in [2.75, 3.05) is 12.1 Å². The minimum absolute atomic E-state index is 0.265. The van der Waals surface area contributed by atoms with E-state index in [1.54, 1.807) is 24.3 Å². The Morgan fingerprint density at radius 2 is 1.93 bits per heavy atom. The molecule has 1 atom stereocenters. The normalized spacial score (nSPS) is 14.3. The lowest BCUT2D eigenvalue weighted by Crippen LogP contribution is -2.03. The van der Waals surface area contributed by atoms with E-state index in [-0.39, 0.29) is 5.88 Å². The van der Waals surface area contributed by atoms with Crippen LogP contribution in [0.3, 0.4) is 0 Å². The fourth-order valence-corrected chi connectivity index (χ4v) is 2.41. The second kappa shape index (κ2) is 4.96. The predicted molar refractivity (Wildman–Crippen MR) is 61.9 cm³/mol. The molecule has 0 aliphatic heterocycles. The van der Waals surface area contributed by atoms with Crippen LogP contribution in [0.4, 0.5) is 0 Å². The van der Waals surface area contributed by atoms with Crippen molar-refractivity contribution in [3.05, 3.63) is 29.3 Å². The Balaban J connectivity index is 3.17. The number of rotatable bonds is 2. The Morgan fingerprint density at radius 3 is 2.40 bits per heavy atom. The highest BCUT2D eigenvalue weighted by Gasteiger charge is 2.08. The molecule has 0 N–H and O–H groups in total. The van der Waals surface area contributed by atoms with Crippen LogP contribution < -0.4 is 0 Å². The third kappa shape index (κ3) is 3.48. The largest absolute Gasteiger partial charge is 0.271 e. The minimum atomic E-state index is -2.71. The lowest BCUT2D eigenvalue weighted by atomic mass is 10.4. The molecule has 6 heteroatoms. The number of halogens is 2. The van der Waals surface area contributed by atoms with Crippen LogP contribution in [0.2, 0.25) is 5.02 Å². The number of alkyl halides is 1. The van der Waals surface area contributed by atoms with Gasteiger partial charge in [-0.2, -0.15) is 4.36 Å². The Morgan fingerprint density at radius 1 is 1.40 bits per heavy atom. The maximum Gasteiger partial charge on any atom is 0.268 e. The van der Waals surface area contributed by atoms with E-state index in [2.05, 4.69) is 4.36 Å². The van der Waals surface area contributed by atoms with E-state index in [1.165, 1.54) is 6.26 Å². The number of benzene rings is 1. The van der Waals surface area contributed by atoms with Gasteiger partial charge in [0, 0.05) is 16.2 Å². The molecule has 0 radical (unpaired) electrons. The summed E-state index contributed by atoms with van der Waals surface area (Å²) in [5.74, 6) is -0.850. The molecule has 0 bridgehead atoms. The van der Waals surface area contributed by atoms with E-state index in [0.29, 0.717) is 9.92 Å². The van der Waals surface area contributed by atoms with Crippen LogP contribution in [0, 0.1) is 0 Å². The molecule has 82 valence electrons. The average molecular weight is 266 g/mol. The Bertz CT molecular complexity index is 475. The lowest BCUT2D eigenvalue weighted by Gasteiger charge is -2.02. The van der Waals surface area contributed by atoms with Crippen molar-refractivity contribution >= 4 is 38.8 Å². The van der Waals surface area contributed by atoms with Crippen LogP contribution in [0.1, 0.15) is 0 Å². The summed E-state index contributed by atoms with van der Waals surface area (Å²) < 4.78 is 15.5. The predicted octanol–water partition coefficient (Wildman–Crippen LogP) is 2.56. The van der Waals surface area contributed by atoms with Gasteiger partial charge in [-0.05, 0) is 24.3 Å². The number of hydrogen-bond acceptors (Lipinski definition) is 2. The van der Waals surface area contributed by atoms with Crippen LogP contribution in [-0.2, 0) is 14.5 Å². The number of carbonyl (C=O) groups is 1. The van der Waals surface area contributed by atoms with E-state index in [0.717, 1.165) is 0 Å². The summed E-state index contributed by atoms with van der Waals surface area (Å²) in [5.41, 5.74) is 0. The first-order valence-corrected chi connectivity index (χ1v) is 6.86. The quantitative estimate of drug-likeness (QED) is 0.772. The monoisotopic (exact) mass is 265 g/mol. The van der Waals surface area contributed by atoms with Gasteiger partial charge in [-0.1, -0.05) is 11.6 Å². The smallest absolute Gasteiger partial charge is 0.268 e. The molecule has 0 unspecified atom stereocenters. The number of nitrogens with zero attached hydrogens (tertiary/aromatic N) is 1. The second-order valence-corrected chi connectivity index (χ2v) is 5.84. The van der Waals surface area contributed by atoms with Crippen LogP contribution >= 0.6 is 23.2 Å². The summed E-state index contributed by atoms with van der Waals surface area (Å²) >= 11 is 11.0. The highest BCUT2D eigenvalue weighted by molar-refractivity contribution is 7.93.